The van der Waals surface area contributed by atoms with Gasteiger partial charge >= 0.3 is 0 Å². The van der Waals surface area contributed by atoms with E-state index in [-0.39, 0.29) is 17.7 Å². The number of aryl methyl sites for hydroxylation is 2. The molecule has 0 saturated carbocycles. The number of benzene rings is 1. The predicted molar refractivity (Wildman–Crippen MR) is 87.9 cm³/mol. The molecule has 5 heteroatoms. The van der Waals surface area contributed by atoms with Gasteiger partial charge in [0, 0.05) is 24.0 Å². The fourth-order valence-electron chi connectivity index (χ4n) is 3.24. The van der Waals surface area contributed by atoms with Crippen molar-refractivity contribution in [2.45, 2.75) is 33.1 Å². The molecule has 1 unspecified atom stereocenters. The van der Waals surface area contributed by atoms with Crippen molar-refractivity contribution >= 4 is 22.8 Å². The second-order valence-electron chi connectivity index (χ2n) is 6.40. The molecule has 1 aromatic heterocycles. The third-order valence-electron chi connectivity index (χ3n) is 4.86. The van der Waals surface area contributed by atoms with Gasteiger partial charge in [0.15, 0.2) is 0 Å². The van der Waals surface area contributed by atoms with Gasteiger partial charge in [-0.2, -0.15) is 0 Å². The van der Waals surface area contributed by atoms with Gasteiger partial charge in [0.25, 0.3) is 0 Å². The van der Waals surface area contributed by atoms with Gasteiger partial charge in [-0.15, -0.1) is 0 Å². The van der Waals surface area contributed by atoms with Crippen molar-refractivity contribution < 1.29 is 14.0 Å². The summed E-state index contributed by atoms with van der Waals surface area (Å²) >= 11 is 0. The third kappa shape index (κ3) is 2.96. The van der Waals surface area contributed by atoms with Crippen LogP contribution in [0.15, 0.2) is 22.8 Å². The van der Waals surface area contributed by atoms with Crippen LogP contribution in [0, 0.1) is 19.8 Å². The zero-order valence-corrected chi connectivity index (χ0v) is 13.6. The summed E-state index contributed by atoms with van der Waals surface area (Å²) in [6, 6.07) is 4.05. The summed E-state index contributed by atoms with van der Waals surface area (Å²) in [4.78, 5) is 25.7. The molecule has 2 heterocycles. The van der Waals surface area contributed by atoms with Gasteiger partial charge in [-0.05, 0) is 37.8 Å². The minimum atomic E-state index is -0.317. The average Bonchev–Trinajstić information content (AvgIpc) is 2.94. The smallest absolute Gasteiger partial charge is 0.227 e. The molecule has 2 amide bonds. The molecule has 122 valence electrons. The van der Waals surface area contributed by atoms with Crippen LogP contribution in [-0.4, -0.2) is 29.8 Å². The minimum absolute atomic E-state index is 0.0249. The van der Waals surface area contributed by atoms with Gasteiger partial charge in [0.05, 0.1) is 18.6 Å². The number of hydrogen-bond donors (Lipinski definition) is 1. The molecule has 0 aliphatic carbocycles. The van der Waals surface area contributed by atoms with Crippen LogP contribution in [0.3, 0.4) is 0 Å². The average molecular weight is 314 g/mol. The molecule has 1 aliphatic rings. The standard InChI is InChI=1S/C18H22N2O3/c1-11-5-6-15-14(10-23-17(15)12(11)2)8-16(21)20-7-3-4-13(9-20)18(19)22/h5-6,10,13H,3-4,7-9H2,1-2H3,(H2,19,22). The van der Waals surface area contributed by atoms with Crippen LogP contribution in [0.1, 0.15) is 29.5 Å². The Bertz CT molecular complexity index is 763. The molecule has 1 atom stereocenters. The molecule has 23 heavy (non-hydrogen) atoms. The van der Waals surface area contributed by atoms with Crippen LogP contribution in [0.4, 0.5) is 0 Å². The first-order valence-corrected chi connectivity index (χ1v) is 8.00. The number of carbonyl (C=O) groups excluding carboxylic acids is 2. The summed E-state index contributed by atoms with van der Waals surface area (Å²) < 4.78 is 5.66. The summed E-state index contributed by atoms with van der Waals surface area (Å²) in [5.41, 5.74) is 9.40. The number of furan rings is 1. The van der Waals surface area contributed by atoms with Crippen LogP contribution in [-0.2, 0) is 16.0 Å². The Hall–Kier alpha value is -2.30. The monoisotopic (exact) mass is 314 g/mol. The molecule has 1 aromatic carbocycles. The van der Waals surface area contributed by atoms with Crippen molar-refractivity contribution in [3.05, 3.63) is 35.1 Å². The fraction of sp³-hybridized carbons (Fsp3) is 0.444. The first-order chi connectivity index (χ1) is 11.0. The maximum absolute atomic E-state index is 12.6. The highest BCUT2D eigenvalue weighted by molar-refractivity contribution is 5.90. The highest BCUT2D eigenvalue weighted by Crippen LogP contribution is 2.27. The molecule has 5 nitrogen and oxygen atoms in total. The van der Waals surface area contributed by atoms with Crippen LogP contribution >= 0.6 is 0 Å². The number of likely N-dealkylation sites (tertiary alicyclic amines) is 1. The second kappa shape index (κ2) is 6.07. The molecular formula is C18H22N2O3. The maximum atomic E-state index is 12.6. The Balaban J connectivity index is 1.78. The van der Waals surface area contributed by atoms with E-state index in [4.69, 9.17) is 10.2 Å². The molecule has 1 aliphatic heterocycles. The van der Waals surface area contributed by atoms with Crippen molar-refractivity contribution in [3.63, 3.8) is 0 Å². The molecule has 1 saturated heterocycles. The summed E-state index contributed by atoms with van der Waals surface area (Å²) in [6.45, 7) is 5.19. The van der Waals surface area contributed by atoms with Crippen molar-refractivity contribution in [1.82, 2.24) is 4.90 Å². The van der Waals surface area contributed by atoms with Gasteiger partial charge in [-0.25, -0.2) is 0 Å². The number of amides is 2. The van der Waals surface area contributed by atoms with E-state index in [0.29, 0.717) is 19.5 Å². The van der Waals surface area contributed by atoms with Crippen molar-refractivity contribution in [2.75, 3.05) is 13.1 Å². The topological polar surface area (TPSA) is 76.5 Å². The number of primary amides is 1. The molecule has 0 spiro atoms. The lowest BCUT2D eigenvalue weighted by Crippen LogP contribution is -2.44. The number of fused-ring (bicyclic) bond motifs is 1. The molecule has 1 fully saturated rings. The van der Waals surface area contributed by atoms with Crippen LogP contribution in [0.5, 0.6) is 0 Å². The molecule has 0 radical (unpaired) electrons. The zero-order valence-electron chi connectivity index (χ0n) is 13.6. The highest BCUT2D eigenvalue weighted by atomic mass is 16.3. The minimum Gasteiger partial charge on any atom is -0.464 e. The second-order valence-corrected chi connectivity index (χ2v) is 6.40. The molecule has 3 rings (SSSR count). The van der Waals surface area contributed by atoms with E-state index >= 15 is 0 Å². The Morgan fingerprint density at radius 1 is 1.35 bits per heavy atom. The summed E-state index contributed by atoms with van der Waals surface area (Å²) in [5, 5.41) is 0.991. The number of nitrogens with zero attached hydrogens (tertiary/aromatic N) is 1. The van der Waals surface area contributed by atoms with E-state index in [1.807, 2.05) is 26.0 Å². The first kappa shape index (κ1) is 15.6. The van der Waals surface area contributed by atoms with E-state index in [1.165, 1.54) is 5.56 Å². The van der Waals surface area contributed by atoms with E-state index < -0.39 is 0 Å². The molecule has 2 N–H and O–H groups in total. The Kier molecular flexibility index (Phi) is 4.11. The normalized spacial score (nSPS) is 18.3. The van der Waals surface area contributed by atoms with E-state index in [9.17, 15) is 9.59 Å². The molecule has 2 aromatic rings. The van der Waals surface area contributed by atoms with Gasteiger partial charge in [0.2, 0.25) is 11.8 Å². The lowest BCUT2D eigenvalue weighted by Gasteiger charge is -2.31. The third-order valence-corrected chi connectivity index (χ3v) is 4.86. The fourth-order valence-corrected chi connectivity index (χ4v) is 3.24. The van der Waals surface area contributed by atoms with Gasteiger partial charge in [0.1, 0.15) is 5.58 Å². The van der Waals surface area contributed by atoms with Crippen LogP contribution in [0.2, 0.25) is 0 Å². The number of rotatable bonds is 3. The predicted octanol–water partition coefficient (Wildman–Crippen LogP) is 2.32. The summed E-state index contributed by atoms with van der Waals surface area (Å²) in [6.07, 6.45) is 3.56. The summed E-state index contributed by atoms with van der Waals surface area (Å²) in [7, 11) is 0. The van der Waals surface area contributed by atoms with Crippen molar-refractivity contribution in [3.8, 4) is 0 Å². The van der Waals surface area contributed by atoms with Gasteiger partial charge in [-0.1, -0.05) is 12.1 Å². The SMILES string of the molecule is Cc1ccc2c(CC(=O)N3CCCC(C(N)=O)C3)coc2c1C. The Morgan fingerprint density at radius 3 is 2.87 bits per heavy atom. The Morgan fingerprint density at radius 2 is 2.13 bits per heavy atom. The first-order valence-electron chi connectivity index (χ1n) is 8.00. The lowest BCUT2D eigenvalue weighted by molar-refractivity contribution is -0.134. The van der Waals surface area contributed by atoms with E-state index in [1.54, 1.807) is 11.2 Å². The Labute approximate surface area is 135 Å². The van der Waals surface area contributed by atoms with Gasteiger partial charge < -0.3 is 15.1 Å². The number of piperidine rings is 1. The molecular weight excluding hydrogens is 292 g/mol. The van der Waals surface area contributed by atoms with Crippen molar-refractivity contribution in [1.29, 1.82) is 0 Å². The maximum Gasteiger partial charge on any atom is 0.227 e. The number of carbonyl (C=O) groups is 2. The largest absolute Gasteiger partial charge is 0.464 e. The van der Waals surface area contributed by atoms with E-state index in [2.05, 4.69) is 0 Å². The van der Waals surface area contributed by atoms with Crippen LogP contribution in [0.25, 0.3) is 11.0 Å². The lowest BCUT2D eigenvalue weighted by atomic mass is 9.96. The number of hydrogen-bond acceptors (Lipinski definition) is 3. The quantitative estimate of drug-likeness (QED) is 0.944. The molecule has 0 bridgehead atoms. The number of nitrogens with two attached hydrogens (primary N) is 1. The highest BCUT2D eigenvalue weighted by Gasteiger charge is 2.27. The zero-order chi connectivity index (χ0) is 16.6. The summed E-state index contributed by atoms with van der Waals surface area (Å²) in [5.74, 6) is -0.516. The van der Waals surface area contributed by atoms with Crippen molar-refractivity contribution in [2.24, 2.45) is 11.7 Å². The van der Waals surface area contributed by atoms with E-state index in [0.717, 1.165) is 34.9 Å². The van der Waals surface area contributed by atoms with Crippen LogP contribution < -0.4 is 5.73 Å². The van der Waals surface area contributed by atoms with Gasteiger partial charge in [-0.3, -0.25) is 9.59 Å².